The van der Waals surface area contributed by atoms with Crippen LogP contribution in [-0.4, -0.2) is 21.4 Å². The van der Waals surface area contributed by atoms with Gasteiger partial charge in [-0.2, -0.15) is 5.10 Å². The molecule has 1 heterocycles. The van der Waals surface area contributed by atoms with Gasteiger partial charge in [0.05, 0.1) is 16.9 Å². The third-order valence-electron chi connectivity index (χ3n) is 3.45. The summed E-state index contributed by atoms with van der Waals surface area (Å²) in [5, 5.41) is 12.0. The Morgan fingerprint density at radius 3 is 2.59 bits per heavy atom. The topological polar surface area (TPSA) is 41.9 Å². The number of aromatic nitrogens is 2. The van der Waals surface area contributed by atoms with E-state index < -0.39 is 0 Å². The Labute approximate surface area is 141 Å². The van der Waals surface area contributed by atoms with Crippen molar-refractivity contribution in [3.8, 4) is 0 Å². The quantitative estimate of drug-likeness (QED) is 0.628. The molecule has 0 saturated heterocycles. The zero-order chi connectivity index (χ0) is 15.9. The molecule has 0 aliphatic carbocycles. The SMILES string of the molecule is Cc1ccc(CNC(=S)NCCCn2ncc(Cl)c2C)cc1. The smallest absolute Gasteiger partial charge is 0.166 e. The summed E-state index contributed by atoms with van der Waals surface area (Å²) in [7, 11) is 0. The fourth-order valence-electron chi connectivity index (χ4n) is 2.03. The Morgan fingerprint density at radius 1 is 1.23 bits per heavy atom. The number of thiocarbonyl (C=S) groups is 1. The Morgan fingerprint density at radius 2 is 1.95 bits per heavy atom. The second kappa shape index (κ2) is 8.15. The third-order valence-corrected chi connectivity index (χ3v) is 4.11. The summed E-state index contributed by atoms with van der Waals surface area (Å²) >= 11 is 11.2. The molecule has 0 aliphatic rings. The van der Waals surface area contributed by atoms with Crippen molar-refractivity contribution in [2.75, 3.05) is 6.54 Å². The van der Waals surface area contributed by atoms with Crippen LogP contribution in [0, 0.1) is 13.8 Å². The van der Waals surface area contributed by atoms with Gasteiger partial charge >= 0.3 is 0 Å². The minimum Gasteiger partial charge on any atom is -0.363 e. The molecule has 0 unspecified atom stereocenters. The number of nitrogens with one attached hydrogen (secondary N) is 2. The van der Waals surface area contributed by atoms with Gasteiger partial charge in [0.15, 0.2) is 5.11 Å². The predicted octanol–water partition coefficient (Wildman–Crippen LogP) is 3.21. The first-order valence-electron chi connectivity index (χ1n) is 7.31. The molecule has 2 N–H and O–H groups in total. The van der Waals surface area contributed by atoms with E-state index in [0.717, 1.165) is 31.7 Å². The summed E-state index contributed by atoms with van der Waals surface area (Å²) in [5.74, 6) is 0. The maximum atomic E-state index is 5.97. The van der Waals surface area contributed by atoms with Crippen molar-refractivity contribution in [2.24, 2.45) is 0 Å². The standard InChI is InChI=1S/C16H21ClN4S/c1-12-4-6-14(7-5-12)10-19-16(22)18-8-3-9-21-13(2)15(17)11-20-21/h4-7,11H,3,8-10H2,1-2H3,(H2,18,19,22). The lowest BCUT2D eigenvalue weighted by Crippen LogP contribution is -2.35. The van der Waals surface area contributed by atoms with E-state index in [1.54, 1.807) is 6.20 Å². The van der Waals surface area contributed by atoms with Gasteiger partial charge in [-0.3, -0.25) is 4.68 Å². The van der Waals surface area contributed by atoms with Crippen LogP contribution in [0.5, 0.6) is 0 Å². The minimum atomic E-state index is 0.677. The summed E-state index contributed by atoms with van der Waals surface area (Å²) in [6, 6.07) is 8.42. The Bertz CT molecular complexity index is 622. The first-order chi connectivity index (χ1) is 10.6. The first kappa shape index (κ1) is 16.8. The Balaban J connectivity index is 1.63. The van der Waals surface area contributed by atoms with Gasteiger partial charge in [0.25, 0.3) is 0 Å². The van der Waals surface area contributed by atoms with Gasteiger partial charge in [0.2, 0.25) is 0 Å². The molecular weight excluding hydrogens is 316 g/mol. The van der Waals surface area contributed by atoms with E-state index in [0.29, 0.717) is 10.1 Å². The molecule has 0 fully saturated rings. The summed E-state index contributed by atoms with van der Waals surface area (Å²) in [4.78, 5) is 0. The molecule has 118 valence electrons. The van der Waals surface area contributed by atoms with Crippen molar-refractivity contribution >= 4 is 28.9 Å². The Hall–Kier alpha value is -1.59. The molecule has 1 aromatic carbocycles. The molecule has 2 aromatic rings. The van der Waals surface area contributed by atoms with Crippen molar-refractivity contribution < 1.29 is 0 Å². The summed E-state index contributed by atoms with van der Waals surface area (Å²) in [6.45, 7) is 6.41. The molecule has 0 spiro atoms. The van der Waals surface area contributed by atoms with E-state index in [4.69, 9.17) is 23.8 Å². The van der Waals surface area contributed by atoms with E-state index in [2.05, 4.69) is 46.9 Å². The van der Waals surface area contributed by atoms with Gasteiger partial charge in [-0.05, 0) is 38.0 Å². The van der Waals surface area contributed by atoms with Crippen molar-refractivity contribution in [2.45, 2.75) is 33.4 Å². The minimum absolute atomic E-state index is 0.677. The number of aryl methyl sites for hydroxylation is 2. The number of hydrogen-bond donors (Lipinski definition) is 2. The largest absolute Gasteiger partial charge is 0.363 e. The monoisotopic (exact) mass is 336 g/mol. The molecule has 0 saturated carbocycles. The van der Waals surface area contributed by atoms with Gasteiger partial charge in [0.1, 0.15) is 0 Å². The van der Waals surface area contributed by atoms with E-state index in [9.17, 15) is 0 Å². The number of hydrogen-bond acceptors (Lipinski definition) is 2. The van der Waals surface area contributed by atoms with Gasteiger partial charge < -0.3 is 10.6 Å². The van der Waals surface area contributed by atoms with Crippen LogP contribution in [0.2, 0.25) is 5.02 Å². The van der Waals surface area contributed by atoms with E-state index in [1.165, 1.54) is 11.1 Å². The molecule has 0 radical (unpaired) electrons. The van der Waals surface area contributed by atoms with Crippen LogP contribution >= 0.6 is 23.8 Å². The molecule has 0 aliphatic heterocycles. The van der Waals surface area contributed by atoms with Gasteiger partial charge in [0, 0.05) is 19.6 Å². The zero-order valence-electron chi connectivity index (χ0n) is 12.9. The van der Waals surface area contributed by atoms with Crippen LogP contribution in [-0.2, 0) is 13.1 Å². The molecule has 0 amide bonds. The second-order valence-electron chi connectivity index (χ2n) is 5.25. The van der Waals surface area contributed by atoms with Gasteiger partial charge in [-0.15, -0.1) is 0 Å². The molecule has 0 bridgehead atoms. The Kier molecular flexibility index (Phi) is 6.21. The normalized spacial score (nSPS) is 10.5. The van der Waals surface area contributed by atoms with Crippen LogP contribution in [0.3, 0.4) is 0 Å². The molecule has 6 heteroatoms. The highest BCUT2D eigenvalue weighted by atomic mass is 35.5. The summed E-state index contributed by atoms with van der Waals surface area (Å²) in [5.41, 5.74) is 3.48. The second-order valence-corrected chi connectivity index (χ2v) is 6.07. The third kappa shape index (κ3) is 5.00. The molecule has 4 nitrogen and oxygen atoms in total. The van der Waals surface area contributed by atoms with Crippen LogP contribution in [0.15, 0.2) is 30.5 Å². The molecule has 22 heavy (non-hydrogen) atoms. The van der Waals surface area contributed by atoms with Crippen LogP contribution < -0.4 is 10.6 Å². The van der Waals surface area contributed by atoms with Crippen LogP contribution in [0.1, 0.15) is 23.2 Å². The average molecular weight is 337 g/mol. The highest BCUT2D eigenvalue weighted by Gasteiger charge is 2.03. The highest BCUT2D eigenvalue weighted by molar-refractivity contribution is 7.80. The predicted molar refractivity (Wildman–Crippen MR) is 95.2 cm³/mol. The molecule has 0 atom stereocenters. The lowest BCUT2D eigenvalue weighted by atomic mass is 10.1. The van der Waals surface area contributed by atoms with E-state index in [1.807, 2.05) is 11.6 Å². The number of nitrogens with zero attached hydrogens (tertiary/aromatic N) is 2. The fraction of sp³-hybridized carbons (Fsp3) is 0.375. The van der Waals surface area contributed by atoms with Crippen molar-refractivity contribution in [3.63, 3.8) is 0 Å². The van der Waals surface area contributed by atoms with Gasteiger partial charge in [-0.25, -0.2) is 0 Å². The van der Waals surface area contributed by atoms with Crippen LogP contribution in [0.25, 0.3) is 0 Å². The molecule has 1 aromatic heterocycles. The van der Waals surface area contributed by atoms with E-state index >= 15 is 0 Å². The van der Waals surface area contributed by atoms with Crippen molar-refractivity contribution in [1.82, 2.24) is 20.4 Å². The van der Waals surface area contributed by atoms with Gasteiger partial charge in [-0.1, -0.05) is 41.4 Å². The summed E-state index contributed by atoms with van der Waals surface area (Å²) in [6.07, 6.45) is 2.61. The molecule has 2 rings (SSSR count). The lowest BCUT2D eigenvalue weighted by Gasteiger charge is -2.11. The maximum Gasteiger partial charge on any atom is 0.166 e. The lowest BCUT2D eigenvalue weighted by molar-refractivity contribution is 0.559. The zero-order valence-corrected chi connectivity index (χ0v) is 14.5. The number of halogens is 1. The summed E-state index contributed by atoms with van der Waals surface area (Å²) < 4.78 is 1.91. The highest BCUT2D eigenvalue weighted by Crippen LogP contribution is 2.13. The fourth-order valence-corrected chi connectivity index (χ4v) is 2.35. The molecular formula is C16H21ClN4S. The maximum absolute atomic E-state index is 5.97. The van der Waals surface area contributed by atoms with Crippen LogP contribution in [0.4, 0.5) is 0 Å². The van der Waals surface area contributed by atoms with Crippen molar-refractivity contribution in [3.05, 3.63) is 52.3 Å². The average Bonchev–Trinajstić information content (AvgIpc) is 2.83. The van der Waals surface area contributed by atoms with E-state index in [-0.39, 0.29) is 0 Å². The van der Waals surface area contributed by atoms with Crippen molar-refractivity contribution in [1.29, 1.82) is 0 Å². The number of rotatable bonds is 6. The first-order valence-corrected chi connectivity index (χ1v) is 8.10. The number of benzene rings is 1.